The second-order valence-electron chi connectivity index (χ2n) is 4.28. The van der Waals surface area contributed by atoms with Gasteiger partial charge in [-0.05, 0) is 37.0 Å². The van der Waals surface area contributed by atoms with Gasteiger partial charge in [-0.15, -0.1) is 0 Å². The first-order valence-corrected chi connectivity index (χ1v) is 5.76. The van der Waals surface area contributed by atoms with Gasteiger partial charge in [-0.3, -0.25) is 0 Å². The molecule has 0 heterocycles. The molecule has 0 bridgehead atoms. The van der Waals surface area contributed by atoms with Crippen LogP contribution in [0.1, 0.15) is 26.2 Å². The fourth-order valence-corrected chi connectivity index (χ4v) is 2.34. The summed E-state index contributed by atoms with van der Waals surface area (Å²) in [7, 11) is 0. The van der Waals surface area contributed by atoms with Crippen LogP contribution in [0.4, 0.5) is 10.1 Å². The van der Waals surface area contributed by atoms with E-state index in [2.05, 4.69) is 12.2 Å². The first-order chi connectivity index (χ1) is 7.16. The van der Waals surface area contributed by atoms with E-state index in [1.165, 1.54) is 25.0 Å². The van der Waals surface area contributed by atoms with Crippen LogP contribution in [0.15, 0.2) is 18.2 Å². The summed E-state index contributed by atoms with van der Waals surface area (Å²) in [6.07, 6.45) is 3.63. The molecule has 2 rings (SSSR count). The SMILES string of the molecule is CC1CCCC1Nc1cc(F)ccc1Cl. The highest BCUT2D eigenvalue weighted by molar-refractivity contribution is 6.33. The molecule has 2 unspecified atom stereocenters. The molecule has 1 fully saturated rings. The Morgan fingerprint density at radius 1 is 1.40 bits per heavy atom. The average molecular weight is 228 g/mol. The first kappa shape index (κ1) is 10.7. The lowest BCUT2D eigenvalue weighted by atomic mass is 10.1. The zero-order valence-corrected chi connectivity index (χ0v) is 9.52. The molecule has 1 N–H and O–H groups in total. The molecule has 82 valence electrons. The first-order valence-electron chi connectivity index (χ1n) is 5.38. The maximum Gasteiger partial charge on any atom is 0.125 e. The van der Waals surface area contributed by atoms with Crippen LogP contribution in [0.2, 0.25) is 5.02 Å². The molecular weight excluding hydrogens is 213 g/mol. The van der Waals surface area contributed by atoms with Crippen molar-refractivity contribution >= 4 is 17.3 Å². The minimum atomic E-state index is -0.243. The zero-order valence-electron chi connectivity index (χ0n) is 8.76. The highest BCUT2D eigenvalue weighted by atomic mass is 35.5. The number of hydrogen-bond acceptors (Lipinski definition) is 1. The van der Waals surface area contributed by atoms with Crippen molar-refractivity contribution in [3.63, 3.8) is 0 Å². The molecule has 0 spiro atoms. The summed E-state index contributed by atoms with van der Waals surface area (Å²) in [5, 5.41) is 3.92. The lowest BCUT2D eigenvalue weighted by Crippen LogP contribution is -2.21. The van der Waals surface area contributed by atoms with Crippen LogP contribution in [0.25, 0.3) is 0 Å². The topological polar surface area (TPSA) is 12.0 Å². The van der Waals surface area contributed by atoms with E-state index in [4.69, 9.17) is 11.6 Å². The predicted molar refractivity (Wildman–Crippen MR) is 61.8 cm³/mol. The molecule has 0 amide bonds. The van der Waals surface area contributed by atoms with Crippen LogP contribution in [0.3, 0.4) is 0 Å². The monoisotopic (exact) mass is 227 g/mol. The van der Waals surface area contributed by atoms with Gasteiger partial charge in [0.2, 0.25) is 0 Å². The number of halogens is 2. The lowest BCUT2D eigenvalue weighted by Gasteiger charge is -2.19. The Bertz CT molecular complexity index is 353. The number of anilines is 1. The second kappa shape index (κ2) is 4.40. The molecule has 2 atom stereocenters. The van der Waals surface area contributed by atoms with Crippen LogP contribution in [-0.2, 0) is 0 Å². The van der Waals surface area contributed by atoms with E-state index in [0.717, 1.165) is 12.1 Å². The summed E-state index contributed by atoms with van der Waals surface area (Å²) in [6.45, 7) is 2.22. The van der Waals surface area contributed by atoms with Gasteiger partial charge in [0.25, 0.3) is 0 Å². The van der Waals surface area contributed by atoms with Crippen molar-refractivity contribution in [2.75, 3.05) is 5.32 Å². The molecule has 0 aliphatic heterocycles. The largest absolute Gasteiger partial charge is 0.381 e. The van der Waals surface area contributed by atoms with Crippen molar-refractivity contribution in [3.8, 4) is 0 Å². The van der Waals surface area contributed by atoms with Gasteiger partial charge >= 0.3 is 0 Å². The fraction of sp³-hybridized carbons (Fsp3) is 0.500. The standard InChI is InChI=1S/C12H15ClFN/c1-8-3-2-4-11(8)15-12-7-9(14)5-6-10(12)13/h5-8,11,15H,2-4H2,1H3. The molecule has 1 aliphatic carbocycles. The number of benzene rings is 1. The Balaban J connectivity index is 2.12. The molecule has 1 nitrogen and oxygen atoms in total. The van der Waals surface area contributed by atoms with Gasteiger partial charge in [0.1, 0.15) is 5.82 Å². The van der Waals surface area contributed by atoms with Crippen LogP contribution in [0.5, 0.6) is 0 Å². The van der Waals surface area contributed by atoms with E-state index >= 15 is 0 Å². The Hall–Kier alpha value is -0.760. The van der Waals surface area contributed by atoms with Crippen molar-refractivity contribution in [1.82, 2.24) is 0 Å². The summed E-state index contributed by atoms with van der Waals surface area (Å²) in [4.78, 5) is 0. The van der Waals surface area contributed by atoms with Crippen LogP contribution >= 0.6 is 11.6 Å². The van der Waals surface area contributed by atoms with Gasteiger partial charge in [-0.1, -0.05) is 24.9 Å². The van der Waals surface area contributed by atoms with Crippen molar-refractivity contribution in [3.05, 3.63) is 29.0 Å². The highest BCUT2D eigenvalue weighted by Crippen LogP contribution is 2.30. The van der Waals surface area contributed by atoms with Crippen LogP contribution in [0, 0.1) is 11.7 Å². The molecule has 0 radical (unpaired) electrons. The summed E-state index contributed by atoms with van der Waals surface area (Å²) in [5.74, 6) is 0.400. The van der Waals surface area contributed by atoms with Crippen molar-refractivity contribution < 1.29 is 4.39 Å². The summed E-state index contributed by atoms with van der Waals surface area (Å²) >= 11 is 5.99. The third-order valence-corrected chi connectivity index (χ3v) is 3.46. The Morgan fingerprint density at radius 2 is 2.20 bits per heavy atom. The zero-order chi connectivity index (χ0) is 10.8. The Kier molecular flexibility index (Phi) is 3.15. The third-order valence-electron chi connectivity index (χ3n) is 3.13. The summed E-state index contributed by atoms with van der Waals surface area (Å²) in [5.41, 5.74) is 0.718. The summed E-state index contributed by atoms with van der Waals surface area (Å²) in [6, 6.07) is 4.88. The van der Waals surface area contributed by atoms with Crippen LogP contribution in [-0.4, -0.2) is 6.04 Å². The maximum absolute atomic E-state index is 13.0. The van der Waals surface area contributed by atoms with Gasteiger partial charge in [-0.25, -0.2) is 4.39 Å². The lowest BCUT2D eigenvalue weighted by molar-refractivity contribution is 0.555. The van der Waals surface area contributed by atoms with E-state index in [0.29, 0.717) is 17.0 Å². The molecule has 3 heteroatoms. The predicted octanol–water partition coefficient (Wildman–Crippen LogP) is 4.08. The molecule has 1 aromatic carbocycles. The summed E-state index contributed by atoms with van der Waals surface area (Å²) < 4.78 is 13.0. The molecule has 15 heavy (non-hydrogen) atoms. The van der Waals surface area contributed by atoms with E-state index in [1.807, 2.05) is 0 Å². The molecule has 1 aromatic rings. The molecule has 1 saturated carbocycles. The normalized spacial score (nSPS) is 25.5. The van der Waals surface area contributed by atoms with Crippen molar-refractivity contribution in [2.24, 2.45) is 5.92 Å². The van der Waals surface area contributed by atoms with Gasteiger partial charge < -0.3 is 5.32 Å². The minimum Gasteiger partial charge on any atom is -0.381 e. The highest BCUT2D eigenvalue weighted by Gasteiger charge is 2.23. The number of hydrogen-bond donors (Lipinski definition) is 1. The molecule has 1 aliphatic rings. The van der Waals surface area contributed by atoms with E-state index in [9.17, 15) is 4.39 Å². The smallest absolute Gasteiger partial charge is 0.125 e. The van der Waals surface area contributed by atoms with Crippen molar-refractivity contribution in [2.45, 2.75) is 32.2 Å². The van der Waals surface area contributed by atoms with E-state index in [-0.39, 0.29) is 5.82 Å². The number of rotatable bonds is 2. The van der Waals surface area contributed by atoms with Crippen molar-refractivity contribution in [1.29, 1.82) is 0 Å². The van der Waals surface area contributed by atoms with Gasteiger partial charge in [0, 0.05) is 6.04 Å². The van der Waals surface area contributed by atoms with Gasteiger partial charge in [-0.2, -0.15) is 0 Å². The molecular formula is C12H15ClFN. The van der Waals surface area contributed by atoms with Gasteiger partial charge in [0.15, 0.2) is 0 Å². The maximum atomic E-state index is 13.0. The van der Waals surface area contributed by atoms with E-state index in [1.54, 1.807) is 6.07 Å². The van der Waals surface area contributed by atoms with Gasteiger partial charge in [0.05, 0.1) is 10.7 Å². The Morgan fingerprint density at radius 3 is 2.87 bits per heavy atom. The Labute approximate surface area is 94.6 Å². The third kappa shape index (κ3) is 2.43. The van der Waals surface area contributed by atoms with Crippen LogP contribution < -0.4 is 5.32 Å². The minimum absolute atomic E-state index is 0.243. The number of nitrogens with one attached hydrogen (secondary N) is 1. The second-order valence-corrected chi connectivity index (χ2v) is 4.69. The fourth-order valence-electron chi connectivity index (χ4n) is 2.17. The average Bonchev–Trinajstić information content (AvgIpc) is 2.58. The van der Waals surface area contributed by atoms with E-state index < -0.39 is 0 Å². The molecule has 0 aromatic heterocycles. The quantitative estimate of drug-likeness (QED) is 0.803. The molecule has 0 saturated heterocycles.